The van der Waals surface area contributed by atoms with Crippen LogP contribution in [0.4, 0.5) is 19.4 Å². The summed E-state index contributed by atoms with van der Waals surface area (Å²) in [6.45, 7) is 1.23. The van der Waals surface area contributed by atoms with Crippen LogP contribution in [0, 0.1) is 0 Å². The number of aryl methyl sites for hydroxylation is 1. The molecule has 3 atom stereocenters. The number of rotatable bonds is 12. The molecule has 13 heteroatoms. The highest BCUT2D eigenvalue weighted by Gasteiger charge is 2.62. The van der Waals surface area contributed by atoms with Gasteiger partial charge in [0.05, 0.1) is 13.2 Å². The molecule has 1 saturated heterocycles. The molecule has 0 bridgehead atoms. The molecular formula is C24H30F2N4O7. The van der Waals surface area contributed by atoms with Crippen molar-refractivity contribution in [1.82, 2.24) is 14.5 Å². The number of amides is 1. The van der Waals surface area contributed by atoms with Crippen LogP contribution in [0.2, 0.25) is 0 Å². The number of carbonyl (C=O) groups is 2. The minimum absolute atomic E-state index is 0.112. The minimum Gasteiger partial charge on any atom is -0.453 e. The standard InChI is InChI=1S/C24H30F2N4O7/c1-2-3-4-5-13-35-23(34)29-18-10-12-28-22(33)30(18)21-24(25,26)20(17(15-31)36-21)37-19(32)9-8-16-7-6-11-27-14-16/h6-7,10-12,14,17,20-21,31H,2-5,8-9,13,15H2,1H3,(H,29,34)/t17-,20-,21-/m1/s1. The fourth-order valence-corrected chi connectivity index (χ4v) is 3.82. The first-order chi connectivity index (χ1) is 17.8. The zero-order valence-electron chi connectivity index (χ0n) is 20.3. The number of alkyl halides is 2. The van der Waals surface area contributed by atoms with Crippen LogP contribution in [0.1, 0.15) is 50.8 Å². The average molecular weight is 525 g/mol. The van der Waals surface area contributed by atoms with E-state index >= 15 is 8.78 Å². The summed E-state index contributed by atoms with van der Waals surface area (Å²) in [6, 6.07) is 4.52. The van der Waals surface area contributed by atoms with Crippen LogP contribution < -0.4 is 11.0 Å². The van der Waals surface area contributed by atoms with Crippen LogP contribution in [-0.2, 0) is 25.4 Å². The van der Waals surface area contributed by atoms with Crippen molar-refractivity contribution < 1.29 is 37.7 Å². The molecule has 2 aromatic heterocycles. The fraction of sp³-hybridized carbons (Fsp3) is 0.542. The molecule has 2 N–H and O–H groups in total. The average Bonchev–Trinajstić information content (AvgIpc) is 3.12. The predicted molar refractivity (Wildman–Crippen MR) is 126 cm³/mol. The topological polar surface area (TPSA) is 142 Å². The second-order valence-electron chi connectivity index (χ2n) is 8.46. The number of ether oxygens (including phenoxy) is 3. The van der Waals surface area contributed by atoms with Crippen molar-refractivity contribution in [3.05, 3.63) is 52.8 Å². The van der Waals surface area contributed by atoms with E-state index in [9.17, 15) is 19.5 Å². The first-order valence-electron chi connectivity index (χ1n) is 12.0. The number of aliphatic hydroxyl groups excluding tert-OH is 1. The van der Waals surface area contributed by atoms with Gasteiger partial charge in [-0.3, -0.25) is 15.1 Å². The molecule has 1 aliphatic rings. The Morgan fingerprint density at radius 1 is 1.24 bits per heavy atom. The van der Waals surface area contributed by atoms with E-state index in [4.69, 9.17) is 14.2 Å². The van der Waals surface area contributed by atoms with Gasteiger partial charge < -0.3 is 19.3 Å². The zero-order valence-corrected chi connectivity index (χ0v) is 20.3. The highest BCUT2D eigenvalue weighted by Crippen LogP contribution is 2.44. The van der Waals surface area contributed by atoms with E-state index in [0.29, 0.717) is 16.6 Å². The normalized spacial score (nSPS) is 20.4. The van der Waals surface area contributed by atoms with Gasteiger partial charge >= 0.3 is 23.7 Å². The Bertz CT molecular complexity index is 1100. The first-order valence-corrected chi connectivity index (χ1v) is 12.0. The Kier molecular flexibility index (Phi) is 10.0. The number of aliphatic hydroxyl groups is 1. The molecule has 0 aliphatic carbocycles. The number of pyridine rings is 1. The van der Waals surface area contributed by atoms with Gasteiger partial charge in [-0.15, -0.1) is 0 Å². The Hall–Kier alpha value is -3.45. The molecule has 0 spiro atoms. The SMILES string of the molecule is CCCCCCOC(=O)Nc1ccnc(=O)n1[C@@H]1O[C@H](CO)[C@@H](OC(=O)CCc2cccnc2)C1(F)F. The number of esters is 1. The largest absolute Gasteiger partial charge is 0.453 e. The highest BCUT2D eigenvalue weighted by atomic mass is 19.3. The summed E-state index contributed by atoms with van der Waals surface area (Å²) in [6.07, 6.45) is 0.483. The van der Waals surface area contributed by atoms with E-state index in [1.54, 1.807) is 18.3 Å². The smallest absolute Gasteiger partial charge is 0.412 e. The quantitative estimate of drug-likeness (QED) is 0.317. The molecule has 0 saturated carbocycles. The van der Waals surface area contributed by atoms with Gasteiger partial charge in [-0.1, -0.05) is 32.3 Å². The summed E-state index contributed by atoms with van der Waals surface area (Å²) < 4.78 is 46.7. The molecular weight excluding hydrogens is 494 g/mol. The third-order valence-electron chi connectivity index (χ3n) is 5.71. The van der Waals surface area contributed by atoms with Gasteiger partial charge in [-0.05, 0) is 30.5 Å². The maximum atomic E-state index is 15.5. The van der Waals surface area contributed by atoms with E-state index in [1.807, 2.05) is 6.92 Å². The van der Waals surface area contributed by atoms with Crippen molar-refractivity contribution in [3.63, 3.8) is 0 Å². The molecule has 37 heavy (non-hydrogen) atoms. The van der Waals surface area contributed by atoms with Crippen LogP contribution in [0.25, 0.3) is 0 Å². The van der Waals surface area contributed by atoms with E-state index in [-0.39, 0.29) is 25.3 Å². The van der Waals surface area contributed by atoms with E-state index < -0.39 is 48.7 Å². The number of unbranched alkanes of at least 4 members (excludes halogenated alkanes) is 3. The number of nitrogens with one attached hydrogen (secondary N) is 1. The summed E-state index contributed by atoms with van der Waals surface area (Å²) >= 11 is 0. The molecule has 0 aromatic carbocycles. The van der Waals surface area contributed by atoms with Gasteiger partial charge in [0.2, 0.25) is 6.23 Å². The molecule has 2 aromatic rings. The summed E-state index contributed by atoms with van der Waals surface area (Å²) in [5.74, 6) is -5.26. The molecule has 1 aliphatic heterocycles. The molecule has 202 valence electrons. The highest BCUT2D eigenvalue weighted by molar-refractivity contribution is 5.83. The minimum atomic E-state index is -3.95. The van der Waals surface area contributed by atoms with Crippen molar-refractivity contribution in [2.75, 3.05) is 18.5 Å². The molecule has 0 radical (unpaired) electrons. The Labute approximate surface area is 211 Å². The van der Waals surface area contributed by atoms with Crippen molar-refractivity contribution in [3.8, 4) is 0 Å². The lowest BCUT2D eigenvalue weighted by Crippen LogP contribution is -2.45. The van der Waals surface area contributed by atoms with Crippen molar-refractivity contribution in [2.24, 2.45) is 0 Å². The first kappa shape index (κ1) is 28.1. The van der Waals surface area contributed by atoms with E-state index in [0.717, 1.165) is 31.5 Å². The summed E-state index contributed by atoms with van der Waals surface area (Å²) in [4.78, 5) is 44.4. The Morgan fingerprint density at radius 3 is 2.76 bits per heavy atom. The molecule has 1 fully saturated rings. The van der Waals surface area contributed by atoms with E-state index in [1.165, 1.54) is 6.20 Å². The molecule has 0 unspecified atom stereocenters. The van der Waals surface area contributed by atoms with E-state index in [2.05, 4.69) is 15.3 Å². The fourth-order valence-electron chi connectivity index (χ4n) is 3.82. The number of hydrogen-bond acceptors (Lipinski definition) is 9. The van der Waals surface area contributed by atoms with Crippen molar-refractivity contribution >= 4 is 17.9 Å². The monoisotopic (exact) mass is 524 g/mol. The number of nitrogens with zero attached hydrogens (tertiary/aromatic N) is 3. The number of carbonyl (C=O) groups excluding carboxylic acids is 2. The third-order valence-corrected chi connectivity index (χ3v) is 5.71. The predicted octanol–water partition coefficient (Wildman–Crippen LogP) is 2.84. The molecule has 3 rings (SSSR count). The number of hydrogen-bond donors (Lipinski definition) is 2. The third kappa shape index (κ3) is 7.29. The molecule has 1 amide bonds. The van der Waals surface area contributed by atoms with Gasteiger partial charge in [0.15, 0.2) is 6.10 Å². The maximum Gasteiger partial charge on any atom is 0.412 e. The number of anilines is 1. The van der Waals surface area contributed by atoms with Gasteiger partial charge in [-0.2, -0.15) is 8.78 Å². The van der Waals surface area contributed by atoms with Crippen LogP contribution >= 0.6 is 0 Å². The molecule has 3 heterocycles. The van der Waals surface area contributed by atoms with Crippen LogP contribution in [0.5, 0.6) is 0 Å². The lowest BCUT2D eigenvalue weighted by atomic mass is 10.1. The Morgan fingerprint density at radius 2 is 2.05 bits per heavy atom. The van der Waals surface area contributed by atoms with Crippen LogP contribution in [0.15, 0.2) is 41.6 Å². The van der Waals surface area contributed by atoms with Crippen molar-refractivity contribution in [2.45, 2.75) is 69.8 Å². The maximum absolute atomic E-state index is 15.5. The van der Waals surface area contributed by atoms with Gasteiger partial charge in [0.1, 0.15) is 11.9 Å². The lowest BCUT2D eigenvalue weighted by Gasteiger charge is -2.25. The molecule has 11 nitrogen and oxygen atoms in total. The Balaban J connectivity index is 1.72. The summed E-state index contributed by atoms with van der Waals surface area (Å²) in [5.41, 5.74) is -0.439. The summed E-state index contributed by atoms with van der Waals surface area (Å²) in [5, 5.41) is 11.9. The van der Waals surface area contributed by atoms with Gasteiger partial charge in [0.25, 0.3) is 0 Å². The number of aromatic nitrogens is 3. The van der Waals surface area contributed by atoms with Gasteiger partial charge in [0, 0.05) is 25.0 Å². The lowest BCUT2D eigenvalue weighted by molar-refractivity contribution is -0.176. The second kappa shape index (κ2) is 13.2. The summed E-state index contributed by atoms with van der Waals surface area (Å²) in [7, 11) is 0. The second-order valence-corrected chi connectivity index (χ2v) is 8.46. The van der Waals surface area contributed by atoms with Crippen LogP contribution in [-0.4, -0.2) is 63.0 Å². The van der Waals surface area contributed by atoms with Crippen molar-refractivity contribution in [1.29, 1.82) is 0 Å². The van der Waals surface area contributed by atoms with Crippen LogP contribution in [0.3, 0.4) is 0 Å². The van der Waals surface area contributed by atoms with Gasteiger partial charge in [-0.25, -0.2) is 19.1 Å². The number of halogens is 2. The zero-order chi connectivity index (χ0) is 26.8.